The Balaban J connectivity index is 2.01. The van der Waals surface area contributed by atoms with E-state index >= 15 is 0 Å². The van der Waals surface area contributed by atoms with Gasteiger partial charge in [0.2, 0.25) is 0 Å². The van der Waals surface area contributed by atoms with Gasteiger partial charge in [0.05, 0.1) is 10.5 Å². The van der Waals surface area contributed by atoms with Crippen molar-refractivity contribution in [2.24, 2.45) is 0 Å². The molecule has 0 bridgehead atoms. The van der Waals surface area contributed by atoms with Crippen molar-refractivity contribution in [3.8, 4) is 0 Å². The molecular formula is C16H13FN2O5. The Bertz CT molecular complexity index is 794. The maximum Gasteiger partial charge on any atom is 0.339 e. The summed E-state index contributed by atoms with van der Waals surface area (Å²) < 4.78 is 18.0. The number of halogens is 1. The molecule has 0 aliphatic carbocycles. The van der Waals surface area contributed by atoms with Gasteiger partial charge in [0.1, 0.15) is 5.82 Å². The first-order valence-corrected chi connectivity index (χ1v) is 6.88. The predicted molar refractivity (Wildman–Crippen MR) is 83.0 cm³/mol. The molecule has 0 saturated carbocycles. The Hall–Kier alpha value is -3.29. The second-order valence-electron chi connectivity index (χ2n) is 4.85. The van der Waals surface area contributed by atoms with Crippen LogP contribution in [-0.2, 0) is 9.53 Å². The summed E-state index contributed by atoms with van der Waals surface area (Å²) in [7, 11) is 0. The second kappa shape index (κ2) is 7.32. The number of benzene rings is 2. The molecule has 1 atom stereocenters. The molecule has 7 nitrogen and oxygen atoms in total. The monoisotopic (exact) mass is 332 g/mol. The Morgan fingerprint density at radius 2 is 1.92 bits per heavy atom. The first-order chi connectivity index (χ1) is 11.4. The van der Waals surface area contributed by atoms with Gasteiger partial charge in [0.15, 0.2) is 6.10 Å². The average molecular weight is 332 g/mol. The first-order valence-electron chi connectivity index (χ1n) is 6.88. The zero-order chi connectivity index (χ0) is 17.7. The summed E-state index contributed by atoms with van der Waals surface area (Å²) in [5, 5.41) is 13.1. The van der Waals surface area contributed by atoms with Crippen molar-refractivity contribution in [1.82, 2.24) is 0 Å². The van der Waals surface area contributed by atoms with Crippen LogP contribution in [0.5, 0.6) is 0 Å². The summed E-state index contributed by atoms with van der Waals surface area (Å²) >= 11 is 0. The number of anilines is 1. The van der Waals surface area contributed by atoms with Crippen molar-refractivity contribution in [3.63, 3.8) is 0 Å². The van der Waals surface area contributed by atoms with E-state index in [1.807, 2.05) is 0 Å². The lowest BCUT2D eigenvalue weighted by atomic mass is 10.2. The Kier molecular flexibility index (Phi) is 5.20. The molecular weight excluding hydrogens is 319 g/mol. The summed E-state index contributed by atoms with van der Waals surface area (Å²) in [5.74, 6) is -2.12. The molecule has 2 aromatic rings. The standard InChI is InChI=1S/C16H13FN2O5/c1-10(24-16(21)11-4-2-5-12(17)8-11)15(20)18-13-6-3-7-14(9-13)19(22)23/h2-10H,1H3,(H,18,20)/t10-/m0/s1. The molecule has 0 saturated heterocycles. The van der Waals surface area contributed by atoms with Gasteiger partial charge in [-0.25, -0.2) is 9.18 Å². The molecule has 0 spiro atoms. The number of nitrogens with zero attached hydrogens (tertiary/aromatic N) is 1. The van der Waals surface area contributed by atoms with Crippen LogP contribution in [0.3, 0.4) is 0 Å². The van der Waals surface area contributed by atoms with Crippen LogP contribution in [0, 0.1) is 15.9 Å². The van der Waals surface area contributed by atoms with Crippen molar-refractivity contribution in [1.29, 1.82) is 0 Å². The lowest BCUT2D eigenvalue weighted by Gasteiger charge is -2.13. The Morgan fingerprint density at radius 3 is 2.58 bits per heavy atom. The molecule has 8 heteroatoms. The maximum absolute atomic E-state index is 13.1. The van der Waals surface area contributed by atoms with Crippen LogP contribution < -0.4 is 5.32 Å². The largest absolute Gasteiger partial charge is 0.449 e. The fourth-order valence-electron chi connectivity index (χ4n) is 1.84. The van der Waals surface area contributed by atoms with Crippen molar-refractivity contribution < 1.29 is 23.6 Å². The molecule has 24 heavy (non-hydrogen) atoms. The zero-order valence-electron chi connectivity index (χ0n) is 12.6. The smallest absolute Gasteiger partial charge is 0.339 e. The number of nitro benzene ring substituents is 1. The van der Waals surface area contributed by atoms with Crippen LogP contribution in [0.4, 0.5) is 15.8 Å². The van der Waals surface area contributed by atoms with Crippen LogP contribution >= 0.6 is 0 Å². The number of non-ortho nitro benzene ring substituents is 1. The van der Waals surface area contributed by atoms with E-state index in [-0.39, 0.29) is 16.9 Å². The molecule has 1 N–H and O–H groups in total. The summed E-state index contributed by atoms with van der Waals surface area (Å²) in [6, 6.07) is 10.2. The number of hydrogen-bond acceptors (Lipinski definition) is 5. The highest BCUT2D eigenvalue weighted by atomic mass is 19.1. The number of amides is 1. The SMILES string of the molecule is C[C@H](OC(=O)c1cccc(F)c1)C(=O)Nc1cccc([N+](=O)[O-])c1. The van der Waals surface area contributed by atoms with Gasteiger partial charge in [-0.05, 0) is 31.2 Å². The van der Waals surface area contributed by atoms with Crippen molar-refractivity contribution in [2.45, 2.75) is 13.0 Å². The number of nitrogens with one attached hydrogen (secondary N) is 1. The van der Waals surface area contributed by atoms with Gasteiger partial charge in [-0.2, -0.15) is 0 Å². The molecule has 0 radical (unpaired) electrons. The van der Waals surface area contributed by atoms with Crippen LogP contribution in [0.2, 0.25) is 0 Å². The molecule has 0 heterocycles. The number of ether oxygens (including phenoxy) is 1. The third kappa shape index (κ3) is 4.35. The van der Waals surface area contributed by atoms with Gasteiger partial charge in [-0.1, -0.05) is 12.1 Å². The zero-order valence-corrected chi connectivity index (χ0v) is 12.6. The van der Waals surface area contributed by atoms with Crippen LogP contribution in [0.25, 0.3) is 0 Å². The third-order valence-electron chi connectivity index (χ3n) is 3.04. The van der Waals surface area contributed by atoms with Gasteiger partial charge in [0, 0.05) is 17.8 Å². The number of carbonyl (C=O) groups excluding carboxylic acids is 2. The molecule has 2 aromatic carbocycles. The molecule has 0 fully saturated rings. The average Bonchev–Trinajstić information content (AvgIpc) is 2.54. The molecule has 0 aromatic heterocycles. The van der Waals surface area contributed by atoms with Crippen LogP contribution in [0.1, 0.15) is 17.3 Å². The topological polar surface area (TPSA) is 98.5 Å². The highest BCUT2D eigenvalue weighted by Crippen LogP contribution is 2.17. The van der Waals surface area contributed by atoms with E-state index in [9.17, 15) is 24.1 Å². The van der Waals surface area contributed by atoms with Gasteiger partial charge in [0.25, 0.3) is 11.6 Å². The fourth-order valence-corrected chi connectivity index (χ4v) is 1.84. The normalized spacial score (nSPS) is 11.4. The summed E-state index contributed by atoms with van der Waals surface area (Å²) in [6.07, 6.45) is -1.17. The van der Waals surface area contributed by atoms with E-state index < -0.39 is 28.7 Å². The molecule has 0 aliphatic rings. The van der Waals surface area contributed by atoms with Crippen molar-refractivity contribution >= 4 is 23.3 Å². The van der Waals surface area contributed by atoms with Gasteiger partial charge < -0.3 is 10.1 Å². The van der Waals surface area contributed by atoms with Gasteiger partial charge >= 0.3 is 5.97 Å². The third-order valence-corrected chi connectivity index (χ3v) is 3.04. The fraction of sp³-hybridized carbons (Fsp3) is 0.125. The molecule has 1 amide bonds. The first kappa shape index (κ1) is 17.1. The quantitative estimate of drug-likeness (QED) is 0.515. The Labute approximate surface area is 136 Å². The maximum atomic E-state index is 13.1. The molecule has 0 unspecified atom stereocenters. The van der Waals surface area contributed by atoms with E-state index in [0.717, 1.165) is 6.07 Å². The highest BCUT2D eigenvalue weighted by Gasteiger charge is 2.20. The second-order valence-corrected chi connectivity index (χ2v) is 4.85. The van der Waals surface area contributed by atoms with E-state index in [2.05, 4.69) is 5.32 Å². The van der Waals surface area contributed by atoms with Gasteiger partial charge in [-0.15, -0.1) is 0 Å². The predicted octanol–water partition coefficient (Wildman–Crippen LogP) is 2.92. The highest BCUT2D eigenvalue weighted by molar-refractivity contribution is 5.97. The lowest BCUT2D eigenvalue weighted by molar-refractivity contribution is -0.384. The number of esters is 1. The molecule has 124 valence electrons. The number of rotatable bonds is 5. The van der Waals surface area contributed by atoms with E-state index in [4.69, 9.17) is 4.74 Å². The van der Waals surface area contributed by atoms with Gasteiger partial charge in [-0.3, -0.25) is 14.9 Å². The number of nitro groups is 1. The summed E-state index contributed by atoms with van der Waals surface area (Å²) in [5.41, 5.74) is -0.00920. The summed E-state index contributed by atoms with van der Waals surface area (Å²) in [6.45, 7) is 1.34. The summed E-state index contributed by atoms with van der Waals surface area (Å²) in [4.78, 5) is 33.9. The molecule has 0 aliphatic heterocycles. The van der Waals surface area contributed by atoms with E-state index in [0.29, 0.717) is 0 Å². The van der Waals surface area contributed by atoms with E-state index in [1.54, 1.807) is 0 Å². The minimum absolute atomic E-state index is 0.0231. The van der Waals surface area contributed by atoms with Crippen molar-refractivity contribution in [2.75, 3.05) is 5.32 Å². The number of hydrogen-bond donors (Lipinski definition) is 1. The minimum atomic E-state index is -1.17. The minimum Gasteiger partial charge on any atom is -0.449 e. The van der Waals surface area contributed by atoms with Crippen molar-refractivity contribution in [3.05, 3.63) is 70.0 Å². The van der Waals surface area contributed by atoms with Crippen LogP contribution in [-0.4, -0.2) is 22.9 Å². The molecule has 2 rings (SSSR count). The Morgan fingerprint density at radius 1 is 1.21 bits per heavy atom. The number of carbonyl (C=O) groups is 2. The van der Waals surface area contributed by atoms with E-state index in [1.165, 1.54) is 49.4 Å². The van der Waals surface area contributed by atoms with Crippen LogP contribution in [0.15, 0.2) is 48.5 Å². The lowest BCUT2D eigenvalue weighted by Crippen LogP contribution is -2.30.